The van der Waals surface area contributed by atoms with Crippen molar-refractivity contribution in [3.8, 4) is 0 Å². The van der Waals surface area contributed by atoms with Crippen molar-refractivity contribution in [1.82, 2.24) is 19.8 Å². The van der Waals surface area contributed by atoms with E-state index in [4.69, 9.17) is 0 Å². The van der Waals surface area contributed by atoms with Gasteiger partial charge in [0.05, 0.1) is 28.8 Å². The van der Waals surface area contributed by atoms with Gasteiger partial charge in [0.25, 0.3) is 5.91 Å². The molecular weight excluding hydrogens is 493 g/mol. The van der Waals surface area contributed by atoms with Crippen molar-refractivity contribution >= 4 is 22.8 Å². The van der Waals surface area contributed by atoms with Crippen LogP contribution in [-0.4, -0.2) is 50.7 Å². The number of fused-ring (bicyclic) bond motifs is 1. The summed E-state index contributed by atoms with van der Waals surface area (Å²) in [5.41, 5.74) is 2.08. The Morgan fingerprint density at radius 3 is 2.39 bits per heavy atom. The van der Waals surface area contributed by atoms with Gasteiger partial charge in [0, 0.05) is 13.1 Å². The number of piperazine rings is 1. The molecule has 194 valence electrons. The monoisotopic (exact) mass is 518 g/mol. The highest BCUT2D eigenvalue weighted by molar-refractivity contribution is 5.96. The first-order valence-electron chi connectivity index (χ1n) is 12.3. The first kappa shape index (κ1) is 25.4. The number of aromatic nitrogens is 2. The maximum atomic E-state index is 13.4. The molecule has 1 aromatic heterocycles. The molecule has 38 heavy (non-hydrogen) atoms. The zero-order chi connectivity index (χ0) is 26.7. The maximum absolute atomic E-state index is 13.4. The minimum Gasteiger partial charge on any atom is -0.332 e. The number of hydrogen-bond acceptors (Lipinski definition) is 4. The summed E-state index contributed by atoms with van der Waals surface area (Å²) in [6.07, 6.45) is -1.88. The van der Waals surface area contributed by atoms with E-state index < -0.39 is 17.6 Å². The minimum atomic E-state index is -4.47. The molecule has 0 spiro atoms. The summed E-state index contributed by atoms with van der Waals surface area (Å²) in [4.78, 5) is 38.5. The van der Waals surface area contributed by atoms with Crippen LogP contribution in [0.1, 0.15) is 33.6 Å². The molecule has 0 N–H and O–H groups in total. The Kier molecular flexibility index (Phi) is 7.09. The second-order valence-electron chi connectivity index (χ2n) is 9.33. The summed E-state index contributed by atoms with van der Waals surface area (Å²) in [7, 11) is 0. The highest BCUT2D eigenvalue weighted by Crippen LogP contribution is 2.30. The molecule has 5 rings (SSSR count). The van der Waals surface area contributed by atoms with Crippen LogP contribution in [0.5, 0.6) is 0 Å². The normalized spacial score (nSPS) is 16.2. The first-order valence-corrected chi connectivity index (χ1v) is 12.3. The van der Waals surface area contributed by atoms with Crippen LogP contribution < -0.4 is 0 Å². The smallest absolute Gasteiger partial charge is 0.332 e. The molecule has 0 bridgehead atoms. The van der Waals surface area contributed by atoms with Gasteiger partial charge in [-0.15, -0.1) is 0 Å². The Balaban J connectivity index is 1.39. The number of amides is 2. The van der Waals surface area contributed by atoms with Crippen LogP contribution in [0.4, 0.5) is 13.2 Å². The number of nitrogens with zero attached hydrogens (tertiary/aromatic N) is 4. The molecule has 0 unspecified atom stereocenters. The van der Waals surface area contributed by atoms with E-state index in [1.807, 2.05) is 36.4 Å². The third-order valence-corrected chi connectivity index (χ3v) is 6.69. The molecule has 2 heterocycles. The number of halogens is 3. The Bertz CT molecular complexity index is 1460. The summed E-state index contributed by atoms with van der Waals surface area (Å²) in [5.74, 6) is -0.728. The van der Waals surface area contributed by atoms with Crippen molar-refractivity contribution in [2.45, 2.75) is 31.6 Å². The van der Waals surface area contributed by atoms with E-state index in [9.17, 15) is 22.8 Å². The highest BCUT2D eigenvalue weighted by atomic mass is 19.4. The number of para-hydroxylation sites is 2. The van der Waals surface area contributed by atoms with Crippen molar-refractivity contribution in [3.63, 3.8) is 0 Å². The van der Waals surface area contributed by atoms with Crippen LogP contribution in [0.3, 0.4) is 0 Å². The van der Waals surface area contributed by atoms with E-state index in [0.717, 1.165) is 17.7 Å². The molecular formula is C29H25F3N4O2. The van der Waals surface area contributed by atoms with Crippen LogP contribution in [0, 0.1) is 0 Å². The van der Waals surface area contributed by atoms with Gasteiger partial charge in [-0.2, -0.15) is 13.2 Å². The maximum Gasteiger partial charge on any atom is 0.416 e. The van der Waals surface area contributed by atoms with E-state index in [1.54, 1.807) is 29.2 Å². The van der Waals surface area contributed by atoms with Gasteiger partial charge in [0.15, 0.2) is 0 Å². The second kappa shape index (κ2) is 10.6. The molecule has 0 saturated carbocycles. The predicted octanol–water partition coefficient (Wildman–Crippen LogP) is 5.13. The molecule has 0 aliphatic carbocycles. The number of carbonyl (C=O) groups is 2. The van der Waals surface area contributed by atoms with Gasteiger partial charge in [-0.3, -0.25) is 14.6 Å². The van der Waals surface area contributed by atoms with Crippen molar-refractivity contribution in [2.75, 3.05) is 13.1 Å². The number of carbonyl (C=O) groups excluding carboxylic acids is 2. The Morgan fingerprint density at radius 2 is 1.63 bits per heavy atom. The number of aryl methyl sites for hydroxylation is 1. The standard InChI is InChI=1S/C29H25F3N4O2/c30-29(31,32)22-10-6-9-21(15-22)17-36-23(14-13-20-7-2-1-3-8-20)18-35(19-27(36)37)28(38)26-16-33-24-11-4-5-12-25(24)34-26/h1-12,15-16,23H,13-14,17-19H2/t23-/m0/s1. The lowest BCUT2D eigenvalue weighted by atomic mass is 10.00. The van der Waals surface area contributed by atoms with Crippen molar-refractivity contribution in [1.29, 1.82) is 0 Å². The van der Waals surface area contributed by atoms with Gasteiger partial charge in [0.1, 0.15) is 12.2 Å². The summed E-state index contributed by atoms with van der Waals surface area (Å²) in [6.45, 7) is 0.0824. The van der Waals surface area contributed by atoms with Gasteiger partial charge >= 0.3 is 6.18 Å². The fraction of sp³-hybridized carbons (Fsp3) is 0.241. The third kappa shape index (κ3) is 5.66. The molecule has 1 fully saturated rings. The van der Waals surface area contributed by atoms with Crippen molar-refractivity contribution in [3.05, 3.63) is 107 Å². The lowest BCUT2D eigenvalue weighted by Crippen LogP contribution is -2.57. The number of rotatable bonds is 6. The molecule has 3 aromatic carbocycles. The van der Waals surface area contributed by atoms with E-state index in [1.165, 1.54) is 17.2 Å². The lowest BCUT2D eigenvalue weighted by Gasteiger charge is -2.41. The molecule has 1 saturated heterocycles. The van der Waals surface area contributed by atoms with Gasteiger partial charge in [0.2, 0.25) is 5.91 Å². The molecule has 6 nitrogen and oxygen atoms in total. The SMILES string of the molecule is O=C(c1cnc2ccccc2n1)N1CC(=O)N(Cc2cccc(C(F)(F)F)c2)[C@@H](CCc2ccccc2)C1. The summed E-state index contributed by atoms with van der Waals surface area (Å²) >= 11 is 0. The Labute approximate surface area is 217 Å². The van der Waals surface area contributed by atoms with Crippen LogP contribution in [0.2, 0.25) is 0 Å². The molecule has 1 aliphatic heterocycles. The summed E-state index contributed by atoms with van der Waals surface area (Å²) in [5, 5.41) is 0. The average molecular weight is 519 g/mol. The fourth-order valence-corrected chi connectivity index (χ4v) is 4.74. The molecule has 0 radical (unpaired) electrons. The average Bonchev–Trinajstić information content (AvgIpc) is 2.93. The lowest BCUT2D eigenvalue weighted by molar-refractivity contribution is -0.139. The van der Waals surface area contributed by atoms with Gasteiger partial charge in [-0.05, 0) is 48.2 Å². The molecule has 9 heteroatoms. The Hall–Kier alpha value is -4.27. The fourth-order valence-electron chi connectivity index (χ4n) is 4.74. The van der Waals surface area contributed by atoms with Gasteiger partial charge < -0.3 is 9.80 Å². The molecule has 1 aliphatic rings. The van der Waals surface area contributed by atoms with Crippen LogP contribution >= 0.6 is 0 Å². The van der Waals surface area contributed by atoms with Crippen molar-refractivity contribution < 1.29 is 22.8 Å². The number of alkyl halides is 3. The molecule has 1 atom stereocenters. The summed E-state index contributed by atoms with van der Waals surface area (Å²) < 4.78 is 39.8. The number of hydrogen-bond donors (Lipinski definition) is 0. The first-order chi connectivity index (χ1) is 18.3. The van der Waals surface area contributed by atoms with E-state index >= 15 is 0 Å². The van der Waals surface area contributed by atoms with E-state index in [2.05, 4.69) is 9.97 Å². The minimum absolute atomic E-state index is 0.0278. The Morgan fingerprint density at radius 1 is 0.921 bits per heavy atom. The second-order valence-corrected chi connectivity index (χ2v) is 9.33. The van der Waals surface area contributed by atoms with Crippen LogP contribution in [0.15, 0.2) is 85.1 Å². The largest absolute Gasteiger partial charge is 0.416 e. The van der Waals surface area contributed by atoms with Crippen molar-refractivity contribution in [2.24, 2.45) is 0 Å². The van der Waals surface area contributed by atoms with Crippen LogP contribution in [-0.2, 0) is 23.9 Å². The topological polar surface area (TPSA) is 66.4 Å². The van der Waals surface area contributed by atoms with E-state index in [0.29, 0.717) is 29.4 Å². The molecule has 2 amide bonds. The summed E-state index contributed by atoms with van der Waals surface area (Å²) in [6, 6.07) is 21.6. The zero-order valence-corrected chi connectivity index (χ0v) is 20.4. The molecule has 4 aromatic rings. The van der Waals surface area contributed by atoms with Gasteiger partial charge in [-0.1, -0.05) is 54.6 Å². The predicted molar refractivity (Wildman–Crippen MR) is 136 cm³/mol. The van der Waals surface area contributed by atoms with Crippen LogP contribution in [0.25, 0.3) is 11.0 Å². The zero-order valence-electron chi connectivity index (χ0n) is 20.4. The third-order valence-electron chi connectivity index (χ3n) is 6.69. The number of benzene rings is 3. The quantitative estimate of drug-likeness (QED) is 0.355. The van der Waals surface area contributed by atoms with E-state index in [-0.39, 0.29) is 37.3 Å². The van der Waals surface area contributed by atoms with Gasteiger partial charge in [-0.25, -0.2) is 4.98 Å². The highest BCUT2D eigenvalue weighted by Gasteiger charge is 2.36.